The SMILES string of the molecule is CNC(=O)c1cccc(NC(=O)NCc2cn3c(n2)CCCC3)c1. The molecule has 1 aromatic heterocycles. The molecule has 3 amide bonds. The monoisotopic (exact) mass is 327 g/mol. The first-order valence-corrected chi connectivity index (χ1v) is 8.07. The van der Waals surface area contributed by atoms with Gasteiger partial charge in [-0.2, -0.15) is 0 Å². The molecule has 7 heteroatoms. The largest absolute Gasteiger partial charge is 0.355 e. The van der Waals surface area contributed by atoms with Crippen molar-refractivity contribution in [3.05, 3.63) is 47.5 Å². The number of amides is 3. The number of carbonyl (C=O) groups is 2. The molecule has 3 N–H and O–H groups in total. The van der Waals surface area contributed by atoms with Crippen LogP contribution in [0, 0.1) is 0 Å². The topological polar surface area (TPSA) is 88.0 Å². The van der Waals surface area contributed by atoms with Crippen molar-refractivity contribution in [1.82, 2.24) is 20.2 Å². The van der Waals surface area contributed by atoms with Crippen LogP contribution in [-0.4, -0.2) is 28.5 Å². The normalized spacial score (nSPS) is 13.0. The average molecular weight is 327 g/mol. The fourth-order valence-corrected chi connectivity index (χ4v) is 2.79. The summed E-state index contributed by atoms with van der Waals surface area (Å²) in [6.07, 6.45) is 5.35. The second kappa shape index (κ2) is 7.16. The highest BCUT2D eigenvalue weighted by atomic mass is 16.2. The Morgan fingerprint density at radius 2 is 2.17 bits per heavy atom. The molecule has 0 atom stereocenters. The van der Waals surface area contributed by atoms with E-state index in [-0.39, 0.29) is 11.9 Å². The number of hydrogen-bond acceptors (Lipinski definition) is 3. The number of benzene rings is 1. The zero-order chi connectivity index (χ0) is 16.9. The summed E-state index contributed by atoms with van der Waals surface area (Å²) in [7, 11) is 1.57. The number of anilines is 1. The summed E-state index contributed by atoms with van der Waals surface area (Å²) in [6, 6.07) is 6.46. The molecule has 0 unspecified atom stereocenters. The smallest absolute Gasteiger partial charge is 0.319 e. The highest BCUT2D eigenvalue weighted by molar-refractivity contribution is 5.96. The number of nitrogens with zero attached hydrogens (tertiary/aromatic N) is 2. The van der Waals surface area contributed by atoms with Crippen molar-refractivity contribution in [1.29, 1.82) is 0 Å². The number of rotatable bonds is 4. The van der Waals surface area contributed by atoms with E-state index in [2.05, 4.69) is 25.5 Å². The maximum absolute atomic E-state index is 12.0. The lowest BCUT2D eigenvalue weighted by atomic mass is 10.2. The molecule has 2 heterocycles. The van der Waals surface area contributed by atoms with Crippen molar-refractivity contribution >= 4 is 17.6 Å². The molecule has 0 saturated heterocycles. The van der Waals surface area contributed by atoms with Crippen LogP contribution in [0.2, 0.25) is 0 Å². The molecule has 1 aliphatic heterocycles. The molecule has 126 valence electrons. The lowest BCUT2D eigenvalue weighted by Crippen LogP contribution is -2.28. The van der Waals surface area contributed by atoms with Gasteiger partial charge in [0, 0.05) is 37.5 Å². The first kappa shape index (κ1) is 16.0. The maximum atomic E-state index is 12.0. The van der Waals surface area contributed by atoms with Crippen molar-refractivity contribution in [3.63, 3.8) is 0 Å². The molecule has 0 aliphatic carbocycles. The minimum atomic E-state index is -0.324. The number of imidazole rings is 1. The van der Waals surface area contributed by atoms with E-state index in [0.717, 1.165) is 24.5 Å². The van der Waals surface area contributed by atoms with Gasteiger partial charge in [-0.3, -0.25) is 4.79 Å². The molecular formula is C17H21N5O2. The van der Waals surface area contributed by atoms with E-state index in [1.807, 2.05) is 6.20 Å². The molecule has 0 radical (unpaired) electrons. The van der Waals surface area contributed by atoms with Gasteiger partial charge in [0.2, 0.25) is 0 Å². The van der Waals surface area contributed by atoms with Gasteiger partial charge in [-0.1, -0.05) is 6.07 Å². The molecule has 0 fully saturated rings. The molecule has 7 nitrogen and oxygen atoms in total. The molecule has 0 spiro atoms. The summed E-state index contributed by atoms with van der Waals surface area (Å²) in [5.41, 5.74) is 1.93. The van der Waals surface area contributed by atoms with Crippen LogP contribution in [0.4, 0.5) is 10.5 Å². The van der Waals surface area contributed by atoms with E-state index in [9.17, 15) is 9.59 Å². The van der Waals surface area contributed by atoms with Gasteiger partial charge in [0.25, 0.3) is 5.91 Å². The van der Waals surface area contributed by atoms with E-state index in [0.29, 0.717) is 17.8 Å². The second-order valence-corrected chi connectivity index (χ2v) is 5.77. The van der Waals surface area contributed by atoms with Crippen LogP contribution < -0.4 is 16.0 Å². The van der Waals surface area contributed by atoms with Gasteiger partial charge in [0.1, 0.15) is 5.82 Å². The Labute approximate surface area is 140 Å². The Bertz CT molecular complexity index is 730. The molecule has 1 aliphatic rings. The summed E-state index contributed by atoms with van der Waals surface area (Å²) in [6.45, 7) is 1.38. The highest BCUT2D eigenvalue weighted by Crippen LogP contribution is 2.14. The molecule has 0 bridgehead atoms. The Morgan fingerprint density at radius 1 is 1.29 bits per heavy atom. The van der Waals surface area contributed by atoms with Gasteiger partial charge in [0.15, 0.2) is 0 Å². The van der Waals surface area contributed by atoms with E-state index in [4.69, 9.17) is 0 Å². The third kappa shape index (κ3) is 3.73. The number of hydrogen-bond donors (Lipinski definition) is 3. The van der Waals surface area contributed by atoms with Crippen LogP contribution in [0.25, 0.3) is 0 Å². The first-order valence-electron chi connectivity index (χ1n) is 8.07. The summed E-state index contributed by atoms with van der Waals surface area (Å²) in [4.78, 5) is 28.2. The minimum Gasteiger partial charge on any atom is -0.355 e. The van der Waals surface area contributed by atoms with E-state index in [1.54, 1.807) is 31.3 Å². The Kier molecular flexibility index (Phi) is 4.79. The van der Waals surface area contributed by atoms with Gasteiger partial charge in [-0.05, 0) is 31.0 Å². The first-order chi connectivity index (χ1) is 11.7. The van der Waals surface area contributed by atoms with Crippen molar-refractivity contribution in [2.45, 2.75) is 32.4 Å². The van der Waals surface area contributed by atoms with Crippen LogP contribution in [0.5, 0.6) is 0 Å². The quantitative estimate of drug-likeness (QED) is 0.801. The minimum absolute atomic E-state index is 0.192. The summed E-state index contributed by atoms with van der Waals surface area (Å²) < 4.78 is 2.16. The molecule has 0 saturated carbocycles. The lowest BCUT2D eigenvalue weighted by molar-refractivity contribution is 0.0963. The maximum Gasteiger partial charge on any atom is 0.319 e. The van der Waals surface area contributed by atoms with Crippen molar-refractivity contribution in [3.8, 4) is 0 Å². The Morgan fingerprint density at radius 3 is 2.96 bits per heavy atom. The van der Waals surface area contributed by atoms with Crippen LogP contribution in [0.1, 0.15) is 34.7 Å². The van der Waals surface area contributed by atoms with Crippen LogP contribution in [0.3, 0.4) is 0 Å². The predicted octanol–water partition coefficient (Wildman–Crippen LogP) is 1.90. The number of aryl methyl sites for hydroxylation is 2. The number of urea groups is 1. The van der Waals surface area contributed by atoms with E-state index >= 15 is 0 Å². The number of nitrogens with one attached hydrogen (secondary N) is 3. The molecule has 1 aromatic carbocycles. The zero-order valence-corrected chi connectivity index (χ0v) is 13.6. The van der Waals surface area contributed by atoms with Crippen LogP contribution >= 0.6 is 0 Å². The summed E-state index contributed by atoms with van der Waals surface area (Å²) >= 11 is 0. The third-order valence-electron chi connectivity index (χ3n) is 4.00. The van der Waals surface area contributed by atoms with E-state index in [1.165, 1.54) is 12.8 Å². The summed E-state index contributed by atoms with van der Waals surface area (Å²) in [5.74, 6) is 0.902. The van der Waals surface area contributed by atoms with Crippen molar-refractivity contribution in [2.75, 3.05) is 12.4 Å². The predicted molar refractivity (Wildman–Crippen MR) is 90.9 cm³/mol. The highest BCUT2D eigenvalue weighted by Gasteiger charge is 2.12. The summed E-state index contributed by atoms with van der Waals surface area (Å²) in [5, 5.41) is 8.08. The number of aromatic nitrogens is 2. The number of carbonyl (C=O) groups excluding carboxylic acids is 2. The van der Waals surface area contributed by atoms with E-state index < -0.39 is 0 Å². The Hall–Kier alpha value is -2.83. The number of fused-ring (bicyclic) bond motifs is 1. The van der Waals surface area contributed by atoms with Crippen LogP contribution in [0.15, 0.2) is 30.5 Å². The third-order valence-corrected chi connectivity index (χ3v) is 4.00. The van der Waals surface area contributed by atoms with Gasteiger partial charge in [-0.15, -0.1) is 0 Å². The standard InChI is InChI=1S/C17H21N5O2/c1-18-16(23)12-5-4-6-13(9-12)21-17(24)19-10-14-11-22-8-3-2-7-15(22)20-14/h4-6,9,11H,2-3,7-8,10H2,1H3,(H,18,23)(H2,19,21,24). The fraction of sp³-hybridized carbons (Fsp3) is 0.353. The van der Waals surface area contributed by atoms with Gasteiger partial charge in [-0.25, -0.2) is 9.78 Å². The van der Waals surface area contributed by atoms with Gasteiger partial charge in [0.05, 0.1) is 12.2 Å². The second-order valence-electron chi connectivity index (χ2n) is 5.77. The molecule has 2 aromatic rings. The van der Waals surface area contributed by atoms with Crippen molar-refractivity contribution < 1.29 is 9.59 Å². The Balaban J connectivity index is 1.56. The lowest BCUT2D eigenvalue weighted by Gasteiger charge is -2.11. The van der Waals surface area contributed by atoms with Crippen LogP contribution in [-0.2, 0) is 19.5 Å². The fourth-order valence-electron chi connectivity index (χ4n) is 2.79. The van der Waals surface area contributed by atoms with Crippen molar-refractivity contribution in [2.24, 2.45) is 0 Å². The van der Waals surface area contributed by atoms with Gasteiger partial charge >= 0.3 is 6.03 Å². The average Bonchev–Trinajstić information content (AvgIpc) is 3.02. The molecule has 3 rings (SSSR count). The molecule has 24 heavy (non-hydrogen) atoms. The molecular weight excluding hydrogens is 306 g/mol. The van der Waals surface area contributed by atoms with Gasteiger partial charge < -0.3 is 20.5 Å². The zero-order valence-electron chi connectivity index (χ0n) is 13.6.